The van der Waals surface area contributed by atoms with Gasteiger partial charge in [-0.2, -0.15) is 0 Å². The van der Waals surface area contributed by atoms with E-state index < -0.39 is 0 Å². The number of hydrogen-bond acceptors (Lipinski definition) is 3. The lowest BCUT2D eigenvalue weighted by atomic mass is 10.1. The van der Waals surface area contributed by atoms with Gasteiger partial charge >= 0.3 is 0 Å². The molecule has 3 nitrogen and oxygen atoms in total. The van der Waals surface area contributed by atoms with Gasteiger partial charge in [-0.25, -0.2) is 0 Å². The molecular formula is C14H21NO2. The molecular weight excluding hydrogens is 214 g/mol. The van der Waals surface area contributed by atoms with E-state index in [9.17, 15) is 5.11 Å². The molecule has 0 bridgehead atoms. The Bertz CT molecular complexity index is 337. The van der Waals surface area contributed by atoms with E-state index >= 15 is 0 Å². The Labute approximate surface area is 103 Å². The monoisotopic (exact) mass is 235 g/mol. The highest BCUT2D eigenvalue weighted by Gasteiger charge is 2.18. The van der Waals surface area contributed by atoms with Crippen molar-refractivity contribution >= 4 is 0 Å². The lowest BCUT2D eigenvalue weighted by Crippen LogP contribution is -2.40. The van der Waals surface area contributed by atoms with Crippen LogP contribution in [0.25, 0.3) is 0 Å². The first kappa shape index (κ1) is 12.4. The molecule has 0 spiro atoms. The Morgan fingerprint density at radius 2 is 2.12 bits per heavy atom. The smallest absolute Gasteiger partial charge is 0.115 e. The zero-order chi connectivity index (χ0) is 12.1. The van der Waals surface area contributed by atoms with E-state index in [2.05, 4.69) is 4.90 Å². The summed E-state index contributed by atoms with van der Waals surface area (Å²) in [6.07, 6.45) is 3.86. The fourth-order valence-corrected chi connectivity index (χ4v) is 2.36. The van der Waals surface area contributed by atoms with Gasteiger partial charge in [-0.15, -0.1) is 0 Å². The van der Waals surface area contributed by atoms with Crippen LogP contribution in [-0.2, 0) is 11.2 Å². The number of benzene rings is 1. The highest BCUT2D eigenvalue weighted by atomic mass is 16.5. The topological polar surface area (TPSA) is 32.7 Å². The maximum absolute atomic E-state index is 9.21. The van der Waals surface area contributed by atoms with E-state index in [4.69, 9.17) is 4.74 Å². The molecule has 0 saturated carbocycles. The molecule has 1 saturated heterocycles. The van der Waals surface area contributed by atoms with E-state index in [1.165, 1.54) is 24.9 Å². The van der Waals surface area contributed by atoms with E-state index in [-0.39, 0.29) is 0 Å². The molecule has 17 heavy (non-hydrogen) atoms. The van der Waals surface area contributed by atoms with E-state index in [0.717, 1.165) is 19.5 Å². The minimum absolute atomic E-state index is 0.339. The van der Waals surface area contributed by atoms with Gasteiger partial charge in [0.2, 0.25) is 0 Å². The Morgan fingerprint density at radius 3 is 2.82 bits per heavy atom. The van der Waals surface area contributed by atoms with Crippen molar-refractivity contribution in [2.45, 2.75) is 25.4 Å². The number of phenols is 1. The number of ether oxygens (including phenoxy) is 1. The van der Waals surface area contributed by atoms with E-state index in [1.54, 1.807) is 19.2 Å². The maximum atomic E-state index is 9.21. The van der Waals surface area contributed by atoms with Gasteiger partial charge in [0.05, 0.1) is 6.10 Å². The van der Waals surface area contributed by atoms with Crippen LogP contribution in [0.5, 0.6) is 5.75 Å². The number of rotatable bonds is 4. The summed E-state index contributed by atoms with van der Waals surface area (Å²) in [7, 11) is 1.80. The number of nitrogens with zero attached hydrogens (tertiary/aromatic N) is 1. The molecule has 1 aromatic rings. The molecule has 0 amide bonds. The van der Waals surface area contributed by atoms with E-state index in [1.807, 2.05) is 12.1 Å². The quantitative estimate of drug-likeness (QED) is 0.867. The minimum atomic E-state index is 0.339. The number of likely N-dealkylation sites (tertiary alicyclic amines) is 1. The highest BCUT2D eigenvalue weighted by Crippen LogP contribution is 2.14. The van der Waals surface area contributed by atoms with Crippen LogP contribution in [0.1, 0.15) is 18.4 Å². The minimum Gasteiger partial charge on any atom is -0.508 e. The summed E-state index contributed by atoms with van der Waals surface area (Å²) in [6, 6.07) is 7.49. The van der Waals surface area contributed by atoms with Gasteiger partial charge in [0.1, 0.15) is 5.75 Å². The molecule has 1 heterocycles. The standard InChI is InChI=1S/C14H21NO2/c1-17-14-3-2-9-15(11-14)10-8-12-4-6-13(16)7-5-12/h4-7,14,16H,2-3,8-11H2,1H3. The Hall–Kier alpha value is -1.06. The van der Waals surface area contributed by atoms with Gasteiger partial charge in [0, 0.05) is 20.2 Å². The van der Waals surface area contributed by atoms with Gasteiger partial charge in [-0.1, -0.05) is 12.1 Å². The first-order valence-electron chi connectivity index (χ1n) is 6.31. The zero-order valence-electron chi connectivity index (χ0n) is 10.4. The summed E-state index contributed by atoms with van der Waals surface area (Å²) >= 11 is 0. The Kier molecular flexibility index (Phi) is 4.40. The lowest BCUT2D eigenvalue weighted by Gasteiger charge is -2.31. The SMILES string of the molecule is COC1CCCN(CCc2ccc(O)cc2)C1. The van der Waals surface area contributed by atoms with Crippen LogP contribution in [-0.4, -0.2) is 42.9 Å². The Morgan fingerprint density at radius 1 is 1.35 bits per heavy atom. The summed E-state index contributed by atoms with van der Waals surface area (Å²) in [5.74, 6) is 0.339. The number of piperidine rings is 1. The van der Waals surface area contributed by atoms with Crippen molar-refractivity contribution in [2.75, 3.05) is 26.7 Å². The number of phenolic OH excluding ortho intramolecular Hbond substituents is 1. The molecule has 1 N–H and O–H groups in total. The van der Waals surface area contributed by atoms with E-state index in [0.29, 0.717) is 11.9 Å². The summed E-state index contributed by atoms with van der Waals surface area (Å²) < 4.78 is 5.41. The maximum Gasteiger partial charge on any atom is 0.115 e. The molecule has 2 rings (SSSR count). The predicted molar refractivity (Wildman–Crippen MR) is 68.3 cm³/mol. The van der Waals surface area contributed by atoms with Crippen LogP contribution < -0.4 is 0 Å². The van der Waals surface area contributed by atoms with Crippen LogP contribution in [0.4, 0.5) is 0 Å². The second-order valence-corrected chi connectivity index (χ2v) is 4.72. The van der Waals surface area contributed by atoms with Crippen molar-refractivity contribution in [2.24, 2.45) is 0 Å². The molecule has 0 aliphatic carbocycles. The molecule has 3 heteroatoms. The normalized spacial score (nSPS) is 21.6. The third kappa shape index (κ3) is 3.72. The predicted octanol–water partition coefficient (Wildman–Crippen LogP) is 2.05. The second-order valence-electron chi connectivity index (χ2n) is 4.72. The average Bonchev–Trinajstić information content (AvgIpc) is 2.38. The van der Waals surface area contributed by atoms with Crippen molar-refractivity contribution in [3.63, 3.8) is 0 Å². The van der Waals surface area contributed by atoms with Gasteiger partial charge in [0.25, 0.3) is 0 Å². The van der Waals surface area contributed by atoms with Crippen molar-refractivity contribution in [3.8, 4) is 5.75 Å². The summed E-state index contributed by atoms with van der Waals surface area (Å²) in [4.78, 5) is 2.46. The lowest BCUT2D eigenvalue weighted by molar-refractivity contribution is 0.0319. The molecule has 0 aromatic heterocycles. The van der Waals surface area contributed by atoms with Crippen molar-refractivity contribution in [1.82, 2.24) is 4.90 Å². The third-order valence-corrected chi connectivity index (χ3v) is 3.45. The number of methoxy groups -OCH3 is 1. The molecule has 0 radical (unpaired) electrons. The van der Waals surface area contributed by atoms with Crippen molar-refractivity contribution < 1.29 is 9.84 Å². The fraction of sp³-hybridized carbons (Fsp3) is 0.571. The van der Waals surface area contributed by atoms with Crippen LogP contribution in [0.3, 0.4) is 0 Å². The first-order valence-corrected chi connectivity index (χ1v) is 6.31. The van der Waals surface area contributed by atoms with Crippen LogP contribution in [0.2, 0.25) is 0 Å². The van der Waals surface area contributed by atoms with Crippen molar-refractivity contribution in [3.05, 3.63) is 29.8 Å². The van der Waals surface area contributed by atoms with Crippen LogP contribution >= 0.6 is 0 Å². The summed E-state index contributed by atoms with van der Waals surface area (Å²) in [5, 5.41) is 9.21. The molecule has 1 unspecified atom stereocenters. The number of hydrogen-bond donors (Lipinski definition) is 1. The fourth-order valence-electron chi connectivity index (χ4n) is 2.36. The Balaban J connectivity index is 1.79. The third-order valence-electron chi connectivity index (χ3n) is 3.45. The summed E-state index contributed by atoms with van der Waals surface area (Å²) in [6.45, 7) is 3.30. The molecule has 1 fully saturated rings. The van der Waals surface area contributed by atoms with Gasteiger partial charge in [-0.3, -0.25) is 0 Å². The largest absolute Gasteiger partial charge is 0.508 e. The molecule has 94 valence electrons. The second kappa shape index (κ2) is 6.03. The average molecular weight is 235 g/mol. The van der Waals surface area contributed by atoms with Crippen molar-refractivity contribution in [1.29, 1.82) is 0 Å². The van der Waals surface area contributed by atoms with Gasteiger partial charge < -0.3 is 14.7 Å². The highest BCUT2D eigenvalue weighted by molar-refractivity contribution is 5.25. The zero-order valence-corrected chi connectivity index (χ0v) is 10.4. The van der Waals surface area contributed by atoms with Crippen LogP contribution in [0, 0.1) is 0 Å². The molecule has 1 atom stereocenters. The van der Waals surface area contributed by atoms with Crippen LogP contribution in [0.15, 0.2) is 24.3 Å². The van der Waals surface area contributed by atoms with Gasteiger partial charge in [-0.05, 0) is 43.5 Å². The molecule has 1 aliphatic heterocycles. The first-order chi connectivity index (χ1) is 8.28. The molecule has 1 aliphatic rings. The van der Waals surface area contributed by atoms with Gasteiger partial charge in [0.15, 0.2) is 0 Å². The number of aromatic hydroxyl groups is 1. The summed E-state index contributed by atoms with van der Waals surface area (Å²) in [5.41, 5.74) is 1.28. The molecule has 1 aromatic carbocycles.